The smallest absolute Gasteiger partial charge is 0.329 e. The molecule has 3 aliphatic heterocycles. The van der Waals surface area contributed by atoms with Gasteiger partial charge < -0.3 is 48.6 Å². The minimum atomic E-state index is -2.86. The lowest BCUT2D eigenvalue weighted by Gasteiger charge is -2.40. The largest absolute Gasteiger partial charge is 0.460 e. The van der Waals surface area contributed by atoms with Crippen LogP contribution in [-0.2, 0) is 52.4 Å². The summed E-state index contributed by atoms with van der Waals surface area (Å²) in [5, 5.41) is 33.0. The first-order valence-corrected chi connectivity index (χ1v) is 25.0. The highest BCUT2D eigenvalue weighted by Crippen LogP contribution is 2.37. The highest BCUT2D eigenvalue weighted by molar-refractivity contribution is 6.09. The molecule has 0 spiro atoms. The molecule has 15 nitrogen and oxygen atoms in total. The van der Waals surface area contributed by atoms with E-state index >= 15 is 0 Å². The van der Waals surface area contributed by atoms with Gasteiger partial charge >= 0.3 is 11.8 Å². The molecule has 2 saturated heterocycles. The van der Waals surface area contributed by atoms with Crippen molar-refractivity contribution in [3.63, 3.8) is 0 Å². The van der Waals surface area contributed by atoms with Gasteiger partial charge in [0, 0.05) is 58.5 Å². The van der Waals surface area contributed by atoms with E-state index in [0.29, 0.717) is 56.9 Å². The number of carbonyl (C=O) groups is 5. The number of rotatable bonds is 9. The molecular formula is C53H83NO14. The van der Waals surface area contributed by atoms with Crippen LogP contribution in [-0.4, -0.2) is 145 Å². The molecular weight excluding hydrogens is 875 g/mol. The molecule has 15 atom stereocenters. The second-order valence-electron chi connectivity index (χ2n) is 20.1. The van der Waals surface area contributed by atoms with Crippen LogP contribution in [0.2, 0.25) is 0 Å². The number of cyclic esters (lactones) is 1. The van der Waals surface area contributed by atoms with Crippen molar-refractivity contribution in [2.24, 2.45) is 35.5 Å². The number of hydrogen-bond donors (Lipinski definition) is 3. The topological polar surface area (TPSA) is 205 Å². The van der Waals surface area contributed by atoms with E-state index in [9.17, 15) is 39.3 Å². The predicted octanol–water partition coefficient (Wildman–Crippen LogP) is 6.20. The summed E-state index contributed by atoms with van der Waals surface area (Å²) >= 11 is 0. The number of esters is 1. The third-order valence-electron chi connectivity index (χ3n) is 14.8. The first-order chi connectivity index (χ1) is 32.3. The van der Waals surface area contributed by atoms with Crippen molar-refractivity contribution < 1.29 is 67.7 Å². The van der Waals surface area contributed by atoms with Crippen LogP contribution in [0.25, 0.3) is 0 Å². The van der Waals surface area contributed by atoms with Gasteiger partial charge in [-0.3, -0.25) is 19.2 Å². The quantitative estimate of drug-likeness (QED) is 0.134. The molecule has 4 rings (SSSR count). The highest BCUT2D eigenvalue weighted by Gasteiger charge is 2.55. The number of ether oxygens (including phenoxy) is 6. The van der Waals surface area contributed by atoms with E-state index in [0.717, 1.165) is 12.0 Å². The van der Waals surface area contributed by atoms with Gasteiger partial charge in [-0.25, -0.2) is 4.79 Å². The van der Waals surface area contributed by atoms with Crippen molar-refractivity contribution in [1.29, 1.82) is 0 Å². The number of fused-ring (bicyclic) bond motifs is 3. The number of ketones is 3. The molecule has 384 valence electrons. The summed E-state index contributed by atoms with van der Waals surface area (Å²) in [6.45, 7) is 12.8. The highest BCUT2D eigenvalue weighted by atomic mass is 16.6. The summed E-state index contributed by atoms with van der Waals surface area (Å²) in [6, 6.07) is -1.16. The molecule has 1 saturated carbocycles. The lowest BCUT2D eigenvalue weighted by Crippen LogP contribution is -2.62. The van der Waals surface area contributed by atoms with Crippen LogP contribution < -0.4 is 0 Å². The molecule has 3 N–H and O–H groups in total. The number of piperidine rings is 1. The second kappa shape index (κ2) is 27.3. The Morgan fingerprint density at radius 2 is 1.57 bits per heavy atom. The molecule has 1 unspecified atom stereocenters. The number of Topliss-reactive ketones (excluding diaryl/α,β-unsaturated/α-hetero) is 3. The first kappa shape index (κ1) is 57.2. The minimum absolute atomic E-state index is 0.0112. The maximum atomic E-state index is 14.7. The molecule has 4 aliphatic rings. The lowest BCUT2D eigenvalue weighted by atomic mass is 9.78. The molecule has 1 amide bonds. The number of amides is 1. The van der Waals surface area contributed by atoms with Crippen LogP contribution in [0.1, 0.15) is 126 Å². The molecule has 1 aliphatic carbocycles. The van der Waals surface area contributed by atoms with Crippen molar-refractivity contribution in [2.45, 2.75) is 180 Å². The summed E-state index contributed by atoms with van der Waals surface area (Å²) in [6.07, 6.45) is 11.5. The van der Waals surface area contributed by atoms with Crippen LogP contribution in [0.15, 0.2) is 47.6 Å². The average molecular weight is 958 g/mol. The number of nitrogens with zero attached hydrogens (tertiary/aromatic N) is 1. The second-order valence-corrected chi connectivity index (χ2v) is 20.1. The molecule has 3 fully saturated rings. The number of methoxy groups -OCH3 is 3. The molecule has 0 aromatic heterocycles. The fraction of sp³-hybridized carbons (Fsp3) is 0.755. The number of carbonyl (C=O) groups excluding carboxylic acids is 5. The zero-order valence-corrected chi connectivity index (χ0v) is 42.4. The van der Waals surface area contributed by atoms with Crippen LogP contribution >= 0.6 is 0 Å². The van der Waals surface area contributed by atoms with E-state index < -0.39 is 77.8 Å². The van der Waals surface area contributed by atoms with Crippen molar-refractivity contribution in [3.8, 4) is 0 Å². The van der Waals surface area contributed by atoms with E-state index in [2.05, 4.69) is 0 Å². The van der Waals surface area contributed by atoms with Gasteiger partial charge in [0.2, 0.25) is 5.78 Å². The number of aliphatic hydroxyl groups excluding tert-OH is 2. The Morgan fingerprint density at radius 3 is 2.25 bits per heavy atom. The summed E-state index contributed by atoms with van der Waals surface area (Å²) in [5.74, 6) is -8.02. The van der Waals surface area contributed by atoms with Gasteiger partial charge in [0.05, 0.1) is 37.6 Å². The summed E-state index contributed by atoms with van der Waals surface area (Å²) in [4.78, 5) is 72.5. The SMILES string of the molecule is CO[C@H]1CC2CC[C@@H](C)C(=O)[C@@](O)(O2)C(=O)N2CCCC[C@H]2C(=O)O[C@H]([C@H](C)C[C@@H]2CC[C@@H](OCCO)[C@H](OC)C2)CC(=O)[C@H](C)/C=C(\C)[C@@H](O)[C@@H](OC)C(=O)[C@H](C)C[C@H](C)/C=C/C=C/C=C/1C. The molecule has 68 heavy (non-hydrogen) atoms. The Balaban J connectivity index is 1.73. The summed E-state index contributed by atoms with van der Waals surface area (Å²) in [5.41, 5.74) is 1.24. The number of hydrogen-bond acceptors (Lipinski definition) is 14. The maximum absolute atomic E-state index is 14.7. The van der Waals surface area contributed by atoms with Crippen LogP contribution in [0.3, 0.4) is 0 Å². The normalized spacial score (nSPS) is 39.2. The Hall–Kier alpha value is -3.41. The Labute approximate surface area is 405 Å². The molecule has 0 radical (unpaired) electrons. The molecule has 0 aromatic carbocycles. The Morgan fingerprint density at radius 1 is 0.838 bits per heavy atom. The van der Waals surface area contributed by atoms with Gasteiger partial charge in [0.1, 0.15) is 30.1 Å². The van der Waals surface area contributed by atoms with E-state index in [1.54, 1.807) is 41.1 Å². The Bertz CT molecular complexity index is 1810. The number of aliphatic hydroxyl groups is 3. The molecule has 3 heterocycles. The zero-order chi connectivity index (χ0) is 50.3. The van der Waals surface area contributed by atoms with E-state index in [1.165, 1.54) is 12.0 Å². The maximum Gasteiger partial charge on any atom is 0.329 e. The van der Waals surface area contributed by atoms with Crippen LogP contribution in [0, 0.1) is 35.5 Å². The standard InChI is InChI=1S/C53H83NO14/c1-32-16-12-11-13-17-33(2)44(63-8)30-40-21-19-34(3)50(59)53(62,68-40)52(61)54-23-15-14-18-41(54)51(60)67-45(36(5)28-39-20-22-43(66-25-24-55)46(29-39)64-9)31-42(56)35(4)27-38(7)48(58)49(65-10)47(57)37(6)26-32/h11-13,16-17,27,32,34-37,39-41,43-46,48-49,55,58,62H,14-15,18-26,28-31H2,1-10H3/b13-11+,16-12+,33-17+,38-27+/t32-,34-,35-,36-,37-,39+,40?,41+,43-,44+,45+,46-,48-,49+,53-/m1/s1. The van der Waals surface area contributed by atoms with Gasteiger partial charge in [-0.05, 0) is 107 Å². The molecule has 0 aromatic rings. The van der Waals surface area contributed by atoms with Crippen molar-refractivity contribution in [2.75, 3.05) is 41.1 Å². The molecule has 2 bridgehead atoms. The van der Waals surface area contributed by atoms with Crippen LogP contribution in [0.5, 0.6) is 0 Å². The number of allylic oxidation sites excluding steroid dienone is 6. The minimum Gasteiger partial charge on any atom is -0.460 e. The van der Waals surface area contributed by atoms with Gasteiger partial charge in [-0.15, -0.1) is 0 Å². The van der Waals surface area contributed by atoms with Gasteiger partial charge in [-0.2, -0.15) is 0 Å². The summed E-state index contributed by atoms with van der Waals surface area (Å²) < 4.78 is 35.7. The zero-order valence-electron chi connectivity index (χ0n) is 42.4. The third-order valence-corrected chi connectivity index (χ3v) is 14.8. The Kier molecular flexibility index (Phi) is 22.9. The lowest BCUT2D eigenvalue weighted by molar-refractivity contribution is -0.231. The van der Waals surface area contributed by atoms with E-state index in [4.69, 9.17) is 28.4 Å². The van der Waals surface area contributed by atoms with Crippen molar-refractivity contribution >= 4 is 29.2 Å². The van der Waals surface area contributed by atoms with Gasteiger partial charge in [0.25, 0.3) is 5.91 Å². The van der Waals surface area contributed by atoms with E-state index in [1.807, 2.05) is 58.1 Å². The van der Waals surface area contributed by atoms with Gasteiger partial charge in [0.15, 0.2) is 5.78 Å². The van der Waals surface area contributed by atoms with Crippen molar-refractivity contribution in [3.05, 3.63) is 47.6 Å². The molecule has 15 heteroatoms. The van der Waals surface area contributed by atoms with Crippen molar-refractivity contribution in [1.82, 2.24) is 4.90 Å². The van der Waals surface area contributed by atoms with Crippen LogP contribution in [0.4, 0.5) is 0 Å². The monoisotopic (exact) mass is 958 g/mol. The summed E-state index contributed by atoms with van der Waals surface area (Å²) in [7, 11) is 4.57. The fourth-order valence-electron chi connectivity index (χ4n) is 10.5. The fourth-order valence-corrected chi connectivity index (χ4v) is 10.5. The first-order valence-electron chi connectivity index (χ1n) is 25.0. The predicted molar refractivity (Wildman–Crippen MR) is 256 cm³/mol. The average Bonchev–Trinajstić information content (AvgIpc) is 3.43. The van der Waals surface area contributed by atoms with Gasteiger partial charge in [-0.1, -0.05) is 71.1 Å². The van der Waals surface area contributed by atoms with E-state index in [-0.39, 0.29) is 80.5 Å². The third kappa shape index (κ3) is 15.3.